The zero-order chi connectivity index (χ0) is 17.4. The molecule has 0 N–H and O–H groups in total. The molecule has 0 aliphatic carbocycles. The lowest BCUT2D eigenvalue weighted by molar-refractivity contribution is 0.290. The third-order valence-electron chi connectivity index (χ3n) is 5.26. The second-order valence-corrected chi connectivity index (χ2v) is 9.29. The molecule has 0 bridgehead atoms. The van der Waals surface area contributed by atoms with Gasteiger partial charge in [0, 0.05) is 37.7 Å². The highest BCUT2D eigenvalue weighted by molar-refractivity contribution is 7.89. The molecular formula is C19H21ClN2O2S. The summed E-state index contributed by atoms with van der Waals surface area (Å²) in [5.41, 5.74) is 1.14. The van der Waals surface area contributed by atoms with Gasteiger partial charge < -0.3 is 0 Å². The molecule has 2 atom stereocenters. The van der Waals surface area contributed by atoms with Gasteiger partial charge >= 0.3 is 0 Å². The fraction of sp³-hybridized carbons (Fsp3) is 0.368. The van der Waals surface area contributed by atoms with E-state index in [2.05, 4.69) is 11.0 Å². The number of hydrogen-bond acceptors (Lipinski definition) is 3. The van der Waals surface area contributed by atoms with Gasteiger partial charge in [-0.2, -0.15) is 4.31 Å². The van der Waals surface area contributed by atoms with E-state index in [4.69, 9.17) is 11.6 Å². The number of benzene rings is 2. The summed E-state index contributed by atoms with van der Waals surface area (Å²) in [6.07, 6.45) is 0. The highest BCUT2D eigenvalue weighted by Gasteiger charge is 2.44. The lowest BCUT2D eigenvalue weighted by Crippen LogP contribution is -2.33. The summed E-state index contributed by atoms with van der Waals surface area (Å²) in [6, 6.07) is 16.7. The molecule has 0 aromatic heterocycles. The van der Waals surface area contributed by atoms with Gasteiger partial charge in [0.1, 0.15) is 0 Å². The maximum atomic E-state index is 12.8. The maximum Gasteiger partial charge on any atom is 0.243 e. The Morgan fingerprint density at radius 1 is 0.880 bits per heavy atom. The molecule has 132 valence electrons. The Morgan fingerprint density at radius 2 is 1.48 bits per heavy atom. The molecule has 2 aliphatic rings. The highest BCUT2D eigenvalue weighted by atomic mass is 35.5. The van der Waals surface area contributed by atoms with Crippen LogP contribution in [0.4, 0.5) is 0 Å². The average molecular weight is 377 g/mol. The second kappa shape index (κ2) is 6.72. The van der Waals surface area contributed by atoms with E-state index in [1.807, 2.05) is 24.3 Å². The number of sulfonamides is 1. The minimum Gasteiger partial charge on any atom is -0.298 e. The van der Waals surface area contributed by atoms with Crippen molar-refractivity contribution in [2.24, 2.45) is 11.8 Å². The fourth-order valence-corrected chi connectivity index (χ4v) is 5.75. The van der Waals surface area contributed by atoms with Crippen LogP contribution in [0.3, 0.4) is 0 Å². The second-order valence-electron chi connectivity index (χ2n) is 6.94. The Bertz CT molecular complexity index is 843. The summed E-state index contributed by atoms with van der Waals surface area (Å²) in [7, 11) is -3.37. The molecule has 0 unspecified atom stereocenters. The molecule has 2 aliphatic heterocycles. The van der Waals surface area contributed by atoms with E-state index in [1.165, 1.54) is 0 Å². The van der Waals surface area contributed by atoms with Gasteiger partial charge in [-0.05, 0) is 35.6 Å². The Labute approximate surface area is 154 Å². The van der Waals surface area contributed by atoms with Crippen LogP contribution in [0.5, 0.6) is 0 Å². The van der Waals surface area contributed by atoms with Crippen LogP contribution in [0.1, 0.15) is 5.56 Å². The number of likely N-dealkylation sites (tertiary alicyclic amines) is 1. The Balaban J connectivity index is 1.42. The van der Waals surface area contributed by atoms with Gasteiger partial charge in [0.15, 0.2) is 0 Å². The molecule has 0 spiro atoms. The SMILES string of the molecule is O=S(=O)(c1ccccc1)N1C[C@H]2CN(Cc3ccccc3Cl)C[C@@H]2C1. The molecule has 6 heteroatoms. The van der Waals surface area contributed by atoms with E-state index < -0.39 is 10.0 Å². The van der Waals surface area contributed by atoms with Crippen molar-refractivity contribution < 1.29 is 8.42 Å². The smallest absolute Gasteiger partial charge is 0.243 e. The predicted molar refractivity (Wildman–Crippen MR) is 98.9 cm³/mol. The van der Waals surface area contributed by atoms with Crippen LogP contribution < -0.4 is 0 Å². The molecule has 25 heavy (non-hydrogen) atoms. The largest absolute Gasteiger partial charge is 0.298 e. The lowest BCUT2D eigenvalue weighted by Gasteiger charge is -2.21. The van der Waals surface area contributed by atoms with Crippen LogP contribution in [-0.2, 0) is 16.6 Å². The van der Waals surface area contributed by atoms with E-state index in [9.17, 15) is 8.42 Å². The van der Waals surface area contributed by atoms with Crippen molar-refractivity contribution in [2.75, 3.05) is 26.2 Å². The molecule has 2 fully saturated rings. The van der Waals surface area contributed by atoms with Crippen molar-refractivity contribution >= 4 is 21.6 Å². The molecule has 2 saturated heterocycles. The van der Waals surface area contributed by atoms with Gasteiger partial charge in [-0.25, -0.2) is 8.42 Å². The van der Waals surface area contributed by atoms with E-state index in [-0.39, 0.29) is 0 Å². The third kappa shape index (κ3) is 3.34. The van der Waals surface area contributed by atoms with E-state index in [0.717, 1.165) is 30.2 Å². The molecule has 2 aromatic rings. The van der Waals surface area contributed by atoms with Crippen LogP contribution in [-0.4, -0.2) is 43.8 Å². The third-order valence-corrected chi connectivity index (χ3v) is 7.48. The van der Waals surface area contributed by atoms with Crippen molar-refractivity contribution in [1.29, 1.82) is 0 Å². The average Bonchev–Trinajstić information content (AvgIpc) is 3.17. The van der Waals surface area contributed by atoms with Gasteiger partial charge in [-0.3, -0.25) is 4.90 Å². The zero-order valence-corrected chi connectivity index (χ0v) is 15.5. The summed E-state index contributed by atoms with van der Waals surface area (Å²) < 4.78 is 27.2. The highest BCUT2D eigenvalue weighted by Crippen LogP contribution is 2.35. The summed E-state index contributed by atoms with van der Waals surface area (Å²) >= 11 is 6.26. The minimum atomic E-state index is -3.37. The fourth-order valence-electron chi connectivity index (χ4n) is 3.98. The van der Waals surface area contributed by atoms with E-state index in [0.29, 0.717) is 29.8 Å². The first kappa shape index (κ1) is 17.0. The van der Waals surface area contributed by atoms with Gasteiger partial charge in [-0.15, -0.1) is 0 Å². The van der Waals surface area contributed by atoms with Crippen LogP contribution >= 0.6 is 11.6 Å². The minimum absolute atomic E-state index is 0.392. The standard InChI is InChI=1S/C19H21ClN2O2S/c20-19-9-5-4-6-15(19)10-21-11-16-13-22(14-17(16)12-21)25(23,24)18-7-2-1-3-8-18/h1-9,16-17H,10-14H2/t16-,17-/m1/s1. The quantitative estimate of drug-likeness (QED) is 0.823. The normalized spacial score (nSPS) is 24.5. The number of rotatable bonds is 4. The first-order valence-electron chi connectivity index (χ1n) is 8.55. The number of halogens is 1. The Kier molecular flexibility index (Phi) is 4.58. The van der Waals surface area contributed by atoms with Gasteiger partial charge in [-0.1, -0.05) is 48.0 Å². The molecule has 2 heterocycles. The van der Waals surface area contributed by atoms with Crippen molar-refractivity contribution in [3.63, 3.8) is 0 Å². The molecular weight excluding hydrogens is 356 g/mol. The summed E-state index contributed by atoms with van der Waals surface area (Å²) in [5, 5.41) is 0.799. The summed E-state index contributed by atoms with van der Waals surface area (Å²) in [4.78, 5) is 2.78. The van der Waals surface area contributed by atoms with Crippen LogP contribution in [0.25, 0.3) is 0 Å². The van der Waals surface area contributed by atoms with Crippen LogP contribution in [0.15, 0.2) is 59.5 Å². The molecule has 4 rings (SSSR count). The molecule has 4 nitrogen and oxygen atoms in total. The van der Waals surface area contributed by atoms with Gasteiger partial charge in [0.2, 0.25) is 10.0 Å². The van der Waals surface area contributed by atoms with Crippen LogP contribution in [0.2, 0.25) is 5.02 Å². The van der Waals surface area contributed by atoms with E-state index >= 15 is 0 Å². The molecule has 0 saturated carbocycles. The van der Waals surface area contributed by atoms with Crippen molar-refractivity contribution in [1.82, 2.24) is 9.21 Å². The summed E-state index contributed by atoms with van der Waals surface area (Å²) in [5.74, 6) is 0.807. The first-order valence-corrected chi connectivity index (χ1v) is 10.4. The van der Waals surface area contributed by atoms with E-state index in [1.54, 1.807) is 28.6 Å². The van der Waals surface area contributed by atoms with Crippen LogP contribution in [0, 0.1) is 11.8 Å². The van der Waals surface area contributed by atoms with Crippen molar-refractivity contribution in [2.45, 2.75) is 11.4 Å². The van der Waals surface area contributed by atoms with Gasteiger partial charge in [0.05, 0.1) is 4.90 Å². The summed E-state index contributed by atoms with van der Waals surface area (Å²) in [6.45, 7) is 3.91. The lowest BCUT2D eigenvalue weighted by atomic mass is 10.0. The molecule has 0 radical (unpaired) electrons. The molecule has 0 amide bonds. The van der Waals surface area contributed by atoms with Crippen molar-refractivity contribution in [3.8, 4) is 0 Å². The van der Waals surface area contributed by atoms with Gasteiger partial charge in [0.25, 0.3) is 0 Å². The topological polar surface area (TPSA) is 40.6 Å². The maximum absolute atomic E-state index is 12.8. The zero-order valence-electron chi connectivity index (χ0n) is 13.9. The molecule has 2 aromatic carbocycles. The number of nitrogens with zero attached hydrogens (tertiary/aromatic N) is 2. The predicted octanol–water partition coefficient (Wildman–Crippen LogP) is 3.09. The van der Waals surface area contributed by atoms with Crippen molar-refractivity contribution in [3.05, 3.63) is 65.2 Å². The Hall–Kier alpha value is -1.40. The Morgan fingerprint density at radius 3 is 2.12 bits per heavy atom. The number of fused-ring (bicyclic) bond motifs is 1. The first-order chi connectivity index (χ1) is 12.0. The number of hydrogen-bond donors (Lipinski definition) is 0. The monoisotopic (exact) mass is 376 g/mol.